The van der Waals surface area contributed by atoms with Gasteiger partial charge in [-0.2, -0.15) is 36.2 Å². The maximum absolute atomic E-state index is 14.3. The molecule has 0 saturated carbocycles. The number of amides is 11. The second-order valence-corrected chi connectivity index (χ2v) is 25.0. The summed E-state index contributed by atoms with van der Waals surface area (Å²) in [6.45, 7) is 3.21. The van der Waals surface area contributed by atoms with Crippen molar-refractivity contribution in [2.24, 2.45) is 38.8 Å². The van der Waals surface area contributed by atoms with Gasteiger partial charge in [0.25, 0.3) is 0 Å². The van der Waals surface area contributed by atoms with Gasteiger partial charge in [0.05, 0.1) is 24.9 Å². The van der Waals surface area contributed by atoms with Crippen molar-refractivity contribution in [2.45, 2.75) is 170 Å². The fourth-order valence-electron chi connectivity index (χ4n) is 9.53. The number of aliphatic carboxylic acids is 2. The quantitative estimate of drug-likeness (QED) is 0.0128. The highest BCUT2D eigenvalue weighted by molar-refractivity contribution is 7.98. The van der Waals surface area contributed by atoms with E-state index in [4.69, 9.17) is 22.9 Å². The minimum absolute atomic E-state index is 0.00697. The van der Waals surface area contributed by atoms with Crippen LogP contribution in [-0.4, -0.2) is 230 Å². The summed E-state index contributed by atoms with van der Waals surface area (Å²) in [5.41, 5.74) is 23.6. The molecule has 1 aliphatic heterocycles. The van der Waals surface area contributed by atoms with Crippen LogP contribution in [0.4, 0.5) is 0 Å². The smallest absolute Gasteiger partial charge is 0.326 e. The number of hydrogen-bond acceptors (Lipinski definition) is 21. The first-order valence-corrected chi connectivity index (χ1v) is 34.4. The van der Waals surface area contributed by atoms with E-state index in [0.717, 1.165) is 12.5 Å². The fourth-order valence-corrected chi connectivity index (χ4v) is 10.7. The number of thiol groups is 1. The fraction of sp³-hybridized carbons (Fsp3) is 0.593. The summed E-state index contributed by atoms with van der Waals surface area (Å²) in [4.78, 5) is 190. The average Bonchev–Trinajstić information content (AvgIpc) is 0.971. The van der Waals surface area contributed by atoms with Gasteiger partial charge in [-0.15, -0.1) is 0 Å². The first kappa shape index (κ1) is 81.7. The number of aliphatic imine (C=N–C) groups is 2. The molecule has 34 nitrogen and oxygen atoms in total. The van der Waals surface area contributed by atoms with Gasteiger partial charge >= 0.3 is 11.9 Å². The molecular formula is C59H92N18O16S3. The Labute approximate surface area is 569 Å². The third-order valence-corrected chi connectivity index (χ3v) is 16.5. The van der Waals surface area contributed by atoms with Gasteiger partial charge < -0.3 is 96.4 Å². The number of hydrogen-bond donors (Lipinski definition) is 19. The monoisotopic (exact) mass is 1400 g/mol. The number of unbranched alkanes of at least 4 members (excludes halogenated alkanes) is 1. The first-order chi connectivity index (χ1) is 45.6. The van der Waals surface area contributed by atoms with Gasteiger partial charge in [0.1, 0.15) is 60.4 Å². The number of H-pyrrole nitrogens is 1. The molecule has 532 valence electrons. The van der Waals surface area contributed by atoms with Crippen LogP contribution >= 0.6 is 36.2 Å². The largest absolute Gasteiger partial charge is 0.481 e. The standard InChI is InChI=1S/C59H92N18O16S3/c1-31-17-22-65-46(31)56(90)66-20-9-8-13-36(70-50(84)38(18-23-95-3)69-48(82)35(60)25-33-11-6-5-7-12-33)49(83)76-43(29-94)55(89)74-42(27-44(61)79)54(88)72-39(19-24-96-4)51(85)71-37(15-16-45(80)81)52(86)77-47(32(2)78)57(91)75-41(26-34-28-64-30-68-34)53(87)73-40(58(92)93)14-10-21-67-59(62)63/h5-7,11-12,22,28,30-32,35-43,46-47,78,94H,8-10,13-21,23-27,29,60H2,1-4H3,(H2,61,79)(H,64,68)(H,66,90)(H,69,82)(H,70,84)(H,71,85)(H,72,88)(H,73,87)(H,74,89)(H,75,91)(H,76,83)(H,77,86)(H,80,81)(H,92,93)(H4,62,63,67)/t31-,32-,35+,36+,37+,38+,39+,40+,41+,42+,43+,46-,47+/m1/s1. The summed E-state index contributed by atoms with van der Waals surface area (Å²) in [5, 5.41) is 55.3. The normalized spacial score (nSPS) is 16.7. The molecule has 1 aromatic heterocycles. The van der Waals surface area contributed by atoms with E-state index < -0.39 is 169 Å². The molecule has 2 aromatic rings. The van der Waals surface area contributed by atoms with E-state index in [-0.39, 0.29) is 88.0 Å². The Hall–Kier alpha value is -8.55. The van der Waals surface area contributed by atoms with Gasteiger partial charge in [-0.05, 0) is 107 Å². The highest BCUT2D eigenvalue weighted by Gasteiger charge is 2.38. The number of imidazole rings is 1. The third-order valence-electron chi connectivity index (χ3n) is 14.9. The van der Waals surface area contributed by atoms with Crippen LogP contribution in [0.2, 0.25) is 0 Å². The van der Waals surface area contributed by atoms with Crippen molar-refractivity contribution >= 4 is 125 Å². The number of guanidine groups is 1. The van der Waals surface area contributed by atoms with Crippen LogP contribution in [-0.2, 0) is 75.2 Å². The van der Waals surface area contributed by atoms with Crippen molar-refractivity contribution < 1.29 is 77.6 Å². The summed E-state index contributed by atoms with van der Waals surface area (Å²) in [6.07, 6.45) is 4.64. The highest BCUT2D eigenvalue weighted by atomic mass is 32.2. The molecule has 1 aromatic carbocycles. The van der Waals surface area contributed by atoms with Crippen molar-refractivity contribution in [1.29, 1.82) is 0 Å². The highest BCUT2D eigenvalue weighted by Crippen LogP contribution is 2.17. The van der Waals surface area contributed by atoms with E-state index in [0.29, 0.717) is 24.3 Å². The Morgan fingerprint density at radius 3 is 1.68 bits per heavy atom. The number of aliphatic hydroxyl groups excluding tert-OH is 1. The third kappa shape index (κ3) is 30.0. The predicted molar refractivity (Wildman–Crippen MR) is 360 cm³/mol. The van der Waals surface area contributed by atoms with Gasteiger partial charge in [0, 0.05) is 49.8 Å². The number of rotatable bonds is 46. The van der Waals surface area contributed by atoms with Crippen LogP contribution in [0.5, 0.6) is 0 Å². The lowest BCUT2D eigenvalue weighted by Gasteiger charge is -2.28. The Morgan fingerprint density at radius 1 is 0.646 bits per heavy atom. The minimum atomic E-state index is -1.92. The lowest BCUT2D eigenvalue weighted by atomic mass is 10.0. The van der Waals surface area contributed by atoms with Crippen molar-refractivity contribution in [3.05, 3.63) is 54.1 Å². The molecular weight excluding hydrogens is 1310 g/mol. The minimum Gasteiger partial charge on any atom is -0.481 e. The summed E-state index contributed by atoms with van der Waals surface area (Å²) < 4.78 is 0. The number of carbonyl (C=O) groups excluding carboxylic acids is 11. The molecule has 0 bridgehead atoms. The summed E-state index contributed by atoms with van der Waals surface area (Å²) in [6, 6.07) is -7.00. The zero-order chi connectivity index (χ0) is 71.4. The predicted octanol–water partition coefficient (Wildman–Crippen LogP) is -4.65. The number of thioether (sulfide) groups is 2. The molecule has 0 aliphatic carbocycles. The SMILES string of the molecule is CSCC[C@H](NC(=O)[C@H](CC(N)=O)NC(=O)[C@H](CS)NC(=O)[C@H](CCCCNC(=O)[C@@H]1N=CC[C@H]1C)NC(=O)[C@H](CCSC)NC(=O)[C@@H](N)Cc1ccccc1)C(=O)N[C@@H](CCC(=O)O)C(=O)N[C@H](C(=O)N[C@@H](Cc1cnc[nH]1)C(=O)N[C@@H](CCCN=C(N)N)C(=O)O)[C@@H](C)O. The van der Waals surface area contributed by atoms with Crippen molar-refractivity contribution in [3.8, 4) is 0 Å². The van der Waals surface area contributed by atoms with Crippen molar-refractivity contribution in [2.75, 3.05) is 42.9 Å². The molecule has 2 heterocycles. The number of aromatic amines is 1. The lowest BCUT2D eigenvalue weighted by molar-refractivity contribution is -0.143. The number of primary amides is 1. The number of nitrogens with two attached hydrogens (primary N) is 4. The summed E-state index contributed by atoms with van der Waals surface area (Å²) >= 11 is 6.88. The maximum Gasteiger partial charge on any atom is 0.326 e. The zero-order valence-corrected chi connectivity index (χ0v) is 56.4. The average molecular weight is 1410 g/mol. The zero-order valence-electron chi connectivity index (χ0n) is 53.9. The first-order valence-electron chi connectivity index (χ1n) is 30.9. The van der Waals surface area contributed by atoms with E-state index in [1.807, 2.05) is 6.92 Å². The second kappa shape index (κ2) is 43.5. The summed E-state index contributed by atoms with van der Waals surface area (Å²) in [5.74, 6) is -13.4. The molecule has 3 rings (SSSR count). The van der Waals surface area contributed by atoms with E-state index in [2.05, 4.69) is 85.7 Å². The molecule has 96 heavy (non-hydrogen) atoms. The molecule has 13 atom stereocenters. The molecule has 11 amide bonds. The number of benzene rings is 1. The van der Waals surface area contributed by atoms with E-state index in [1.54, 1.807) is 49.1 Å². The lowest BCUT2D eigenvalue weighted by Crippen LogP contribution is -2.62. The second-order valence-electron chi connectivity index (χ2n) is 22.7. The van der Waals surface area contributed by atoms with Gasteiger partial charge in [-0.25, -0.2) is 9.78 Å². The maximum atomic E-state index is 14.3. The van der Waals surface area contributed by atoms with Crippen LogP contribution in [0.3, 0.4) is 0 Å². The van der Waals surface area contributed by atoms with Crippen LogP contribution in [0.15, 0.2) is 52.8 Å². The van der Waals surface area contributed by atoms with Crippen LogP contribution < -0.4 is 76.1 Å². The number of nitrogens with zero attached hydrogens (tertiary/aromatic N) is 3. The molecule has 37 heteroatoms. The Morgan fingerprint density at radius 2 is 1.16 bits per heavy atom. The van der Waals surface area contributed by atoms with E-state index in [9.17, 15) is 77.6 Å². The number of nitrogens with one attached hydrogen (secondary N) is 11. The molecule has 0 radical (unpaired) electrons. The summed E-state index contributed by atoms with van der Waals surface area (Å²) in [7, 11) is 0. The van der Waals surface area contributed by atoms with Crippen LogP contribution in [0.25, 0.3) is 0 Å². The molecule has 22 N–H and O–H groups in total. The number of carboxylic acids is 2. The van der Waals surface area contributed by atoms with E-state index >= 15 is 0 Å². The van der Waals surface area contributed by atoms with Gasteiger partial charge in [-0.3, -0.25) is 67.5 Å². The number of carbonyl (C=O) groups is 13. The number of aliphatic hydroxyl groups is 1. The van der Waals surface area contributed by atoms with Gasteiger partial charge in [0.15, 0.2) is 5.96 Å². The Kier molecular flexibility index (Phi) is 37.0. The number of carboxylic acid groups (broad SMARTS) is 2. The van der Waals surface area contributed by atoms with Crippen LogP contribution in [0, 0.1) is 5.92 Å². The van der Waals surface area contributed by atoms with Crippen molar-refractivity contribution in [1.82, 2.24) is 63.1 Å². The van der Waals surface area contributed by atoms with Gasteiger partial charge in [0.2, 0.25) is 65.0 Å². The van der Waals surface area contributed by atoms with Gasteiger partial charge in [-0.1, -0.05) is 37.3 Å². The Bertz CT molecular complexity index is 2980. The van der Waals surface area contributed by atoms with Crippen molar-refractivity contribution in [3.63, 3.8) is 0 Å². The molecule has 1 aliphatic rings. The molecule has 0 spiro atoms. The number of aromatic nitrogens is 2. The molecule has 0 fully saturated rings. The molecule has 0 unspecified atom stereocenters. The topological polar surface area (TPSA) is 560 Å². The molecule has 0 saturated heterocycles. The van der Waals surface area contributed by atoms with E-state index in [1.165, 1.54) is 36.0 Å². The van der Waals surface area contributed by atoms with Crippen LogP contribution in [0.1, 0.15) is 95.7 Å². The Balaban J connectivity index is 1.86.